The number of hydrogen-bond acceptors (Lipinski definition) is 3. The predicted molar refractivity (Wildman–Crippen MR) is 85.8 cm³/mol. The van der Waals surface area contributed by atoms with Gasteiger partial charge in [0.2, 0.25) is 0 Å². The maximum atomic E-state index is 13.2. The minimum Gasteiger partial charge on any atom is -0.449 e. The van der Waals surface area contributed by atoms with Crippen LogP contribution in [0.4, 0.5) is 8.78 Å². The molecule has 24 heavy (non-hydrogen) atoms. The summed E-state index contributed by atoms with van der Waals surface area (Å²) < 4.78 is 31.3. The van der Waals surface area contributed by atoms with Gasteiger partial charge in [0.1, 0.15) is 0 Å². The summed E-state index contributed by atoms with van der Waals surface area (Å²) >= 11 is 5.73. The molecule has 0 saturated heterocycles. The van der Waals surface area contributed by atoms with Crippen LogP contribution in [0.5, 0.6) is 0 Å². The van der Waals surface area contributed by atoms with Crippen molar-refractivity contribution in [3.05, 3.63) is 34.4 Å². The molecule has 1 aromatic carbocycles. The van der Waals surface area contributed by atoms with Crippen LogP contribution < -0.4 is 5.32 Å². The molecule has 0 aromatic heterocycles. The second-order valence-corrected chi connectivity index (χ2v) is 6.58. The number of esters is 1. The van der Waals surface area contributed by atoms with Crippen LogP contribution in [-0.4, -0.2) is 24.0 Å². The van der Waals surface area contributed by atoms with Crippen LogP contribution in [0, 0.1) is 17.6 Å². The van der Waals surface area contributed by atoms with E-state index in [0.717, 1.165) is 25.7 Å². The minimum atomic E-state index is -1.21. The van der Waals surface area contributed by atoms with Gasteiger partial charge in [0.15, 0.2) is 17.7 Å². The first kappa shape index (κ1) is 18.6. The maximum absolute atomic E-state index is 13.2. The van der Waals surface area contributed by atoms with Gasteiger partial charge in [0, 0.05) is 6.04 Å². The van der Waals surface area contributed by atoms with Crippen LogP contribution >= 0.6 is 11.6 Å². The molecule has 0 aliphatic heterocycles. The van der Waals surface area contributed by atoms with E-state index in [1.165, 1.54) is 6.92 Å². The van der Waals surface area contributed by atoms with Crippen molar-refractivity contribution < 1.29 is 23.1 Å². The van der Waals surface area contributed by atoms with E-state index in [-0.39, 0.29) is 16.6 Å². The van der Waals surface area contributed by atoms with Gasteiger partial charge in [-0.15, -0.1) is 0 Å². The third-order valence-corrected chi connectivity index (χ3v) is 4.63. The summed E-state index contributed by atoms with van der Waals surface area (Å²) in [6.45, 7) is 3.50. The number of rotatable bonds is 4. The van der Waals surface area contributed by atoms with Crippen LogP contribution in [0.15, 0.2) is 12.1 Å². The van der Waals surface area contributed by atoms with E-state index in [1.807, 2.05) is 0 Å². The number of ether oxygens (including phenoxy) is 1. The van der Waals surface area contributed by atoms with E-state index >= 15 is 0 Å². The van der Waals surface area contributed by atoms with Gasteiger partial charge in [-0.3, -0.25) is 4.79 Å². The Morgan fingerprint density at radius 3 is 2.54 bits per heavy atom. The smallest absolute Gasteiger partial charge is 0.340 e. The quantitative estimate of drug-likeness (QED) is 0.656. The SMILES string of the molecule is C[C@@H]1CCCC[C@H]1NC(=O)[C@@H](C)OC(=O)c1cc(F)c(F)cc1Cl. The van der Waals surface area contributed by atoms with Gasteiger partial charge in [-0.1, -0.05) is 31.4 Å². The molecule has 1 aliphatic rings. The molecule has 0 bridgehead atoms. The van der Waals surface area contributed by atoms with Gasteiger partial charge < -0.3 is 10.1 Å². The highest BCUT2D eigenvalue weighted by Crippen LogP contribution is 2.24. The summed E-state index contributed by atoms with van der Waals surface area (Å²) in [5.74, 6) is -3.39. The predicted octanol–water partition coefficient (Wildman–Crippen LogP) is 3.86. The standard InChI is InChI=1S/C17H20ClF2NO3/c1-9-5-3-4-6-15(9)21-16(22)10(2)24-17(23)11-7-13(19)14(20)8-12(11)18/h7-10,15H,3-6H2,1-2H3,(H,21,22)/t9-,10-,15-/m1/s1. The molecule has 1 aliphatic carbocycles. The van der Waals surface area contributed by atoms with Crippen molar-refractivity contribution >= 4 is 23.5 Å². The number of carbonyl (C=O) groups is 2. The van der Waals surface area contributed by atoms with Crippen molar-refractivity contribution in [2.45, 2.75) is 51.7 Å². The second kappa shape index (κ2) is 7.92. The Bertz CT molecular complexity index is 639. The zero-order valence-corrected chi connectivity index (χ0v) is 14.3. The summed E-state index contributed by atoms with van der Waals surface area (Å²) in [4.78, 5) is 24.2. The molecule has 0 heterocycles. The van der Waals surface area contributed by atoms with Crippen LogP contribution in [0.1, 0.15) is 49.9 Å². The largest absolute Gasteiger partial charge is 0.449 e. The fraction of sp³-hybridized carbons (Fsp3) is 0.529. The Balaban J connectivity index is 1.98. The molecule has 1 amide bonds. The number of nitrogens with one attached hydrogen (secondary N) is 1. The van der Waals surface area contributed by atoms with E-state index in [4.69, 9.17) is 16.3 Å². The summed E-state index contributed by atoms with van der Waals surface area (Å²) in [5, 5.41) is 2.61. The fourth-order valence-electron chi connectivity index (χ4n) is 2.79. The molecular formula is C17H20ClF2NO3. The van der Waals surface area contributed by atoms with Crippen molar-refractivity contribution in [2.24, 2.45) is 5.92 Å². The van der Waals surface area contributed by atoms with Gasteiger partial charge in [-0.25, -0.2) is 13.6 Å². The van der Waals surface area contributed by atoms with E-state index in [1.54, 1.807) is 0 Å². The van der Waals surface area contributed by atoms with Gasteiger partial charge in [0.25, 0.3) is 5.91 Å². The molecule has 0 unspecified atom stereocenters. The second-order valence-electron chi connectivity index (χ2n) is 6.17. The van der Waals surface area contributed by atoms with Crippen LogP contribution in [0.25, 0.3) is 0 Å². The van der Waals surface area contributed by atoms with Crippen molar-refractivity contribution in [2.75, 3.05) is 0 Å². The number of amides is 1. The topological polar surface area (TPSA) is 55.4 Å². The molecule has 0 radical (unpaired) electrons. The van der Waals surface area contributed by atoms with Gasteiger partial charge in [0.05, 0.1) is 10.6 Å². The molecule has 1 N–H and O–H groups in total. The summed E-state index contributed by atoms with van der Waals surface area (Å²) in [5.41, 5.74) is -0.318. The molecule has 0 spiro atoms. The van der Waals surface area contributed by atoms with Crippen LogP contribution in [0.2, 0.25) is 5.02 Å². The highest BCUT2D eigenvalue weighted by molar-refractivity contribution is 6.33. The molecule has 4 nitrogen and oxygen atoms in total. The highest BCUT2D eigenvalue weighted by Gasteiger charge is 2.27. The molecule has 1 aromatic rings. The zero-order chi connectivity index (χ0) is 17.9. The average Bonchev–Trinajstić information content (AvgIpc) is 2.52. The Morgan fingerprint density at radius 1 is 1.25 bits per heavy atom. The third-order valence-electron chi connectivity index (χ3n) is 4.32. The van der Waals surface area contributed by atoms with E-state index < -0.39 is 29.6 Å². The minimum absolute atomic E-state index is 0.0549. The number of hydrogen-bond donors (Lipinski definition) is 1. The maximum Gasteiger partial charge on any atom is 0.340 e. The van der Waals surface area contributed by atoms with Crippen molar-refractivity contribution in [1.82, 2.24) is 5.32 Å². The molecule has 132 valence electrons. The molecule has 2 rings (SSSR count). The third kappa shape index (κ3) is 4.44. The van der Waals surface area contributed by atoms with Crippen LogP contribution in [0.3, 0.4) is 0 Å². The lowest BCUT2D eigenvalue weighted by molar-refractivity contribution is -0.130. The lowest BCUT2D eigenvalue weighted by Gasteiger charge is -2.30. The Morgan fingerprint density at radius 2 is 1.88 bits per heavy atom. The monoisotopic (exact) mass is 359 g/mol. The van der Waals surface area contributed by atoms with Crippen LogP contribution in [-0.2, 0) is 9.53 Å². The van der Waals surface area contributed by atoms with Crippen molar-refractivity contribution in [3.63, 3.8) is 0 Å². The van der Waals surface area contributed by atoms with Gasteiger partial charge >= 0.3 is 5.97 Å². The normalized spacial score (nSPS) is 21.9. The molecule has 1 fully saturated rings. The average molecular weight is 360 g/mol. The van der Waals surface area contributed by atoms with Gasteiger partial charge in [-0.05, 0) is 37.8 Å². The first-order valence-corrected chi connectivity index (χ1v) is 8.33. The fourth-order valence-corrected chi connectivity index (χ4v) is 3.01. The van der Waals surface area contributed by atoms with Crippen molar-refractivity contribution in [1.29, 1.82) is 0 Å². The van der Waals surface area contributed by atoms with E-state index in [2.05, 4.69) is 12.2 Å². The highest BCUT2D eigenvalue weighted by atomic mass is 35.5. The molecule has 1 saturated carbocycles. The summed E-state index contributed by atoms with van der Waals surface area (Å²) in [6, 6.07) is 1.41. The molecule has 3 atom stereocenters. The van der Waals surface area contributed by atoms with E-state index in [0.29, 0.717) is 18.1 Å². The zero-order valence-electron chi connectivity index (χ0n) is 13.6. The first-order chi connectivity index (χ1) is 11.3. The Kier molecular flexibility index (Phi) is 6.15. The lowest BCUT2D eigenvalue weighted by Crippen LogP contribution is -2.46. The summed E-state index contributed by atoms with van der Waals surface area (Å²) in [6.07, 6.45) is 3.07. The number of carbonyl (C=O) groups excluding carboxylic acids is 2. The molecule has 7 heteroatoms. The molecular weight excluding hydrogens is 340 g/mol. The van der Waals surface area contributed by atoms with E-state index in [9.17, 15) is 18.4 Å². The Hall–Kier alpha value is -1.69. The number of halogens is 3. The van der Waals surface area contributed by atoms with Gasteiger partial charge in [-0.2, -0.15) is 0 Å². The first-order valence-electron chi connectivity index (χ1n) is 7.95. The summed E-state index contributed by atoms with van der Waals surface area (Å²) in [7, 11) is 0. The number of benzene rings is 1. The lowest BCUT2D eigenvalue weighted by atomic mass is 9.86. The Labute approximate surface area is 144 Å². The van der Waals surface area contributed by atoms with Crippen molar-refractivity contribution in [3.8, 4) is 0 Å².